The Morgan fingerprint density at radius 1 is 1.39 bits per heavy atom. The summed E-state index contributed by atoms with van der Waals surface area (Å²) >= 11 is 0. The summed E-state index contributed by atoms with van der Waals surface area (Å²) in [7, 11) is 0. The van der Waals surface area contributed by atoms with Crippen LogP contribution >= 0.6 is 0 Å². The molecule has 0 aliphatic carbocycles. The zero-order chi connectivity index (χ0) is 13.0. The second-order valence-corrected chi connectivity index (χ2v) is 4.64. The van der Waals surface area contributed by atoms with Gasteiger partial charge in [0.05, 0.1) is 4.92 Å². The van der Waals surface area contributed by atoms with E-state index in [0.29, 0.717) is 6.04 Å². The topological polar surface area (TPSA) is 64.4 Å². The molecular weight excluding hydrogens is 232 g/mol. The predicted molar refractivity (Wildman–Crippen MR) is 69.9 cm³/mol. The molecule has 0 bridgehead atoms. The quantitative estimate of drug-likeness (QED) is 0.661. The summed E-state index contributed by atoms with van der Waals surface area (Å²) in [5, 5.41) is 14.1. The van der Waals surface area contributed by atoms with Crippen LogP contribution in [0.2, 0.25) is 0 Å². The SMILES string of the molecule is Cc1cc([N+](=O)[O-])ccc1N[C@H]1CCCOCC1. The van der Waals surface area contributed by atoms with Gasteiger partial charge in [-0.1, -0.05) is 0 Å². The van der Waals surface area contributed by atoms with Crippen LogP contribution in [0, 0.1) is 17.0 Å². The van der Waals surface area contributed by atoms with Gasteiger partial charge in [-0.3, -0.25) is 10.1 Å². The maximum atomic E-state index is 10.7. The van der Waals surface area contributed by atoms with E-state index in [0.717, 1.165) is 43.7 Å². The molecule has 0 amide bonds. The van der Waals surface area contributed by atoms with Crippen LogP contribution in [0.1, 0.15) is 24.8 Å². The molecule has 2 rings (SSSR count). The molecular formula is C13H18N2O3. The minimum absolute atomic E-state index is 0.141. The monoisotopic (exact) mass is 250 g/mol. The first kappa shape index (κ1) is 12.8. The molecule has 5 heteroatoms. The van der Waals surface area contributed by atoms with E-state index < -0.39 is 0 Å². The van der Waals surface area contributed by atoms with E-state index in [1.807, 2.05) is 6.92 Å². The minimum atomic E-state index is -0.365. The number of hydrogen-bond donors (Lipinski definition) is 1. The number of nitro benzene ring substituents is 1. The zero-order valence-corrected chi connectivity index (χ0v) is 10.5. The van der Waals surface area contributed by atoms with Crippen LogP contribution in [0.15, 0.2) is 18.2 Å². The number of nitrogens with one attached hydrogen (secondary N) is 1. The van der Waals surface area contributed by atoms with Gasteiger partial charge in [0.1, 0.15) is 0 Å². The number of anilines is 1. The average molecular weight is 250 g/mol. The zero-order valence-electron chi connectivity index (χ0n) is 10.5. The number of rotatable bonds is 3. The molecule has 1 heterocycles. The van der Waals surface area contributed by atoms with Crippen molar-refractivity contribution in [2.45, 2.75) is 32.2 Å². The van der Waals surface area contributed by atoms with E-state index in [1.165, 1.54) is 0 Å². The summed E-state index contributed by atoms with van der Waals surface area (Å²) in [5.74, 6) is 0. The summed E-state index contributed by atoms with van der Waals surface area (Å²) in [6.45, 7) is 3.50. The Morgan fingerprint density at radius 2 is 2.22 bits per heavy atom. The Hall–Kier alpha value is -1.62. The number of hydrogen-bond acceptors (Lipinski definition) is 4. The molecule has 0 radical (unpaired) electrons. The van der Waals surface area contributed by atoms with Crippen molar-refractivity contribution in [3.05, 3.63) is 33.9 Å². The van der Waals surface area contributed by atoms with Crippen molar-refractivity contribution in [2.75, 3.05) is 18.5 Å². The summed E-state index contributed by atoms with van der Waals surface area (Å²) in [4.78, 5) is 10.3. The molecule has 1 fully saturated rings. The molecule has 0 spiro atoms. The second-order valence-electron chi connectivity index (χ2n) is 4.64. The van der Waals surface area contributed by atoms with Gasteiger partial charge in [0, 0.05) is 37.1 Å². The largest absolute Gasteiger partial charge is 0.382 e. The van der Waals surface area contributed by atoms with Crippen molar-refractivity contribution in [1.82, 2.24) is 0 Å². The molecule has 1 aliphatic rings. The van der Waals surface area contributed by atoms with Gasteiger partial charge in [0.25, 0.3) is 5.69 Å². The fraction of sp³-hybridized carbons (Fsp3) is 0.538. The highest BCUT2D eigenvalue weighted by Crippen LogP contribution is 2.23. The van der Waals surface area contributed by atoms with Crippen LogP contribution in [-0.2, 0) is 4.74 Å². The number of benzene rings is 1. The van der Waals surface area contributed by atoms with E-state index >= 15 is 0 Å². The number of aryl methyl sites for hydroxylation is 1. The van der Waals surface area contributed by atoms with Crippen LogP contribution in [-0.4, -0.2) is 24.2 Å². The van der Waals surface area contributed by atoms with Crippen LogP contribution in [0.4, 0.5) is 11.4 Å². The van der Waals surface area contributed by atoms with Gasteiger partial charge in [0.2, 0.25) is 0 Å². The normalized spacial score (nSPS) is 20.2. The molecule has 98 valence electrons. The van der Waals surface area contributed by atoms with Gasteiger partial charge in [-0.05, 0) is 37.8 Å². The van der Waals surface area contributed by atoms with Crippen LogP contribution in [0.25, 0.3) is 0 Å². The van der Waals surface area contributed by atoms with Crippen molar-refractivity contribution in [3.63, 3.8) is 0 Å². The molecule has 1 aliphatic heterocycles. The van der Waals surface area contributed by atoms with E-state index in [-0.39, 0.29) is 10.6 Å². The smallest absolute Gasteiger partial charge is 0.269 e. The standard InChI is InChI=1S/C13H18N2O3/c1-10-9-12(15(16)17)4-5-13(10)14-11-3-2-7-18-8-6-11/h4-5,9,11,14H,2-3,6-8H2,1H3/t11-/m0/s1. The Labute approximate surface area is 106 Å². The molecule has 1 aromatic carbocycles. The van der Waals surface area contributed by atoms with Crippen molar-refractivity contribution in [2.24, 2.45) is 0 Å². The van der Waals surface area contributed by atoms with Crippen molar-refractivity contribution < 1.29 is 9.66 Å². The fourth-order valence-corrected chi connectivity index (χ4v) is 2.19. The van der Waals surface area contributed by atoms with E-state index in [4.69, 9.17) is 4.74 Å². The van der Waals surface area contributed by atoms with Crippen molar-refractivity contribution in [1.29, 1.82) is 0 Å². The number of nitrogens with zero attached hydrogens (tertiary/aromatic N) is 1. The average Bonchev–Trinajstić information content (AvgIpc) is 2.60. The number of ether oxygens (including phenoxy) is 1. The third kappa shape index (κ3) is 3.20. The predicted octanol–water partition coefficient (Wildman–Crippen LogP) is 2.88. The Bertz CT molecular complexity index is 426. The Kier molecular flexibility index (Phi) is 4.15. The summed E-state index contributed by atoms with van der Waals surface area (Å²) < 4.78 is 5.41. The van der Waals surface area contributed by atoms with Gasteiger partial charge >= 0.3 is 0 Å². The number of nitro groups is 1. The van der Waals surface area contributed by atoms with E-state index in [1.54, 1.807) is 18.2 Å². The molecule has 1 atom stereocenters. The fourth-order valence-electron chi connectivity index (χ4n) is 2.19. The lowest BCUT2D eigenvalue weighted by molar-refractivity contribution is -0.384. The molecule has 1 N–H and O–H groups in total. The lowest BCUT2D eigenvalue weighted by atomic mass is 10.1. The van der Waals surface area contributed by atoms with Crippen LogP contribution < -0.4 is 5.32 Å². The summed E-state index contributed by atoms with van der Waals surface area (Å²) in [5.41, 5.74) is 2.03. The van der Waals surface area contributed by atoms with Gasteiger partial charge in [-0.25, -0.2) is 0 Å². The second kappa shape index (κ2) is 5.82. The summed E-state index contributed by atoms with van der Waals surface area (Å²) in [6, 6.07) is 5.34. The lowest BCUT2D eigenvalue weighted by Crippen LogP contribution is -2.20. The first-order valence-corrected chi connectivity index (χ1v) is 6.26. The molecule has 5 nitrogen and oxygen atoms in total. The highest BCUT2D eigenvalue weighted by Gasteiger charge is 2.14. The lowest BCUT2D eigenvalue weighted by Gasteiger charge is -2.18. The highest BCUT2D eigenvalue weighted by atomic mass is 16.6. The highest BCUT2D eigenvalue weighted by molar-refractivity contribution is 5.55. The maximum Gasteiger partial charge on any atom is 0.269 e. The minimum Gasteiger partial charge on any atom is -0.382 e. The Morgan fingerprint density at radius 3 is 2.94 bits per heavy atom. The number of non-ortho nitro benzene ring substituents is 1. The van der Waals surface area contributed by atoms with Crippen molar-refractivity contribution >= 4 is 11.4 Å². The van der Waals surface area contributed by atoms with Crippen molar-refractivity contribution in [3.8, 4) is 0 Å². The van der Waals surface area contributed by atoms with Crippen LogP contribution in [0.5, 0.6) is 0 Å². The van der Waals surface area contributed by atoms with E-state index in [9.17, 15) is 10.1 Å². The van der Waals surface area contributed by atoms with Crippen LogP contribution in [0.3, 0.4) is 0 Å². The molecule has 1 saturated heterocycles. The third-order valence-electron chi connectivity index (χ3n) is 3.23. The Balaban J connectivity index is 2.06. The summed E-state index contributed by atoms with van der Waals surface area (Å²) in [6.07, 6.45) is 3.12. The molecule has 0 aromatic heterocycles. The van der Waals surface area contributed by atoms with Gasteiger partial charge < -0.3 is 10.1 Å². The third-order valence-corrected chi connectivity index (χ3v) is 3.23. The van der Waals surface area contributed by atoms with Gasteiger partial charge in [-0.2, -0.15) is 0 Å². The van der Waals surface area contributed by atoms with E-state index in [2.05, 4.69) is 5.32 Å². The molecule has 18 heavy (non-hydrogen) atoms. The maximum absolute atomic E-state index is 10.7. The molecule has 0 saturated carbocycles. The molecule has 0 unspecified atom stereocenters. The first-order chi connectivity index (χ1) is 8.66. The first-order valence-electron chi connectivity index (χ1n) is 6.26. The van der Waals surface area contributed by atoms with Gasteiger partial charge in [0.15, 0.2) is 0 Å². The molecule has 1 aromatic rings. The van der Waals surface area contributed by atoms with Gasteiger partial charge in [-0.15, -0.1) is 0 Å².